The third-order valence-electron chi connectivity index (χ3n) is 4.73. The van der Waals surface area contributed by atoms with Crippen molar-refractivity contribution in [3.63, 3.8) is 0 Å². The lowest BCUT2D eigenvalue weighted by atomic mass is 9.88. The lowest BCUT2D eigenvalue weighted by Gasteiger charge is -2.18. The van der Waals surface area contributed by atoms with Gasteiger partial charge in [0.25, 0.3) is 0 Å². The lowest BCUT2D eigenvalue weighted by molar-refractivity contribution is 0.535. The Morgan fingerprint density at radius 2 is 1.15 bits per heavy atom. The van der Waals surface area contributed by atoms with Gasteiger partial charge in [0.2, 0.25) is 0 Å². The molecule has 0 radical (unpaired) electrons. The zero-order valence-corrected chi connectivity index (χ0v) is 12.4. The maximum Gasteiger partial charge on any atom is -0.0193 e. The van der Waals surface area contributed by atoms with Crippen LogP contribution in [0.15, 0.2) is 48.6 Å². The normalized spacial score (nSPS) is 25.8. The summed E-state index contributed by atoms with van der Waals surface area (Å²) in [4.78, 5) is 0. The van der Waals surface area contributed by atoms with Crippen LogP contribution in [0.2, 0.25) is 0 Å². The van der Waals surface area contributed by atoms with Gasteiger partial charge in [-0.15, -0.1) is 0 Å². The van der Waals surface area contributed by atoms with Crippen molar-refractivity contribution in [2.45, 2.75) is 51.4 Å². The molecule has 2 aliphatic rings. The Morgan fingerprint density at radius 1 is 0.700 bits per heavy atom. The fourth-order valence-electron chi connectivity index (χ4n) is 3.52. The second-order valence-electron chi connectivity index (χ2n) is 6.46. The monoisotopic (exact) mass is 266 g/mol. The zero-order valence-electron chi connectivity index (χ0n) is 12.4. The molecule has 0 aromatic heterocycles. The van der Waals surface area contributed by atoms with Crippen molar-refractivity contribution in [2.75, 3.05) is 0 Å². The van der Waals surface area contributed by atoms with Gasteiger partial charge in [0.1, 0.15) is 0 Å². The first-order chi connectivity index (χ1) is 9.90. The predicted molar refractivity (Wildman–Crippen MR) is 86.8 cm³/mol. The van der Waals surface area contributed by atoms with Crippen molar-refractivity contribution in [2.24, 2.45) is 11.8 Å². The summed E-state index contributed by atoms with van der Waals surface area (Å²) in [7, 11) is 0. The van der Waals surface area contributed by atoms with E-state index in [2.05, 4.69) is 48.6 Å². The van der Waals surface area contributed by atoms with E-state index in [1.54, 1.807) is 0 Å². The van der Waals surface area contributed by atoms with Crippen molar-refractivity contribution in [3.05, 3.63) is 59.7 Å². The molecule has 0 nitrogen and oxygen atoms in total. The van der Waals surface area contributed by atoms with E-state index >= 15 is 0 Å². The number of rotatable bonds is 4. The Labute approximate surface area is 123 Å². The first kappa shape index (κ1) is 13.7. The van der Waals surface area contributed by atoms with Gasteiger partial charge >= 0.3 is 0 Å². The molecular formula is C20H26. The Bertz CT molecular complexity index is 418. The average molecular weight is 266 g/mol. The van der Waals surface area contributed by atoms with Crippen LogP contribution in [0.5, 0.6) is 0 Å². The Morgan fingerprint density at radius 3 is 1.50 bits per heavy atom. The predicted octanol–water partition coefficient (Wildman–Crippen LogP) is 5.48. The molecule has 0 fully saturated rings. The quantitative estimate of drug-likeness (QED) is 0.633. The number of hydrogen-bond acceptors (Lipinski definition) is 0. The van der Waals surface area contributed by atoms with E-state index in [4.69, 9.17) is 0 Å². The van der Waals surface area contributed by atoms with Crippen molar-refractivity contribution in [3.8, 4) is 0 Å². The van der Waals surface area contributed by atoms with E-state index in [0.29, 0.717) is 0 Å². The fraction of sp³-hybridized carbons (Fsp3) is 0.500. The van der Waals surface area contributed by atoms with Gasteiger partial charge in [-0.1, -0.05) is 48.6 Å². The maximum atomic E-state index is 2.42. The first-order valence-corrected chi connectivity index (χ1v) is 8.31. The standard InChI is InChI=1S/C20H26/c1-3-7-17(8-4-1)15-19-11-13-20(14-12-19)16-18-9-5-2-6-10-18/h3,5,7,9,11-14,17-18H,1-2,4,6,8,10,15-16H2. The molecular weight excluding hydrogens is 240 g/mol. The average Bonchev–Trinajstić information content (AvgIpc) is 2.51. The molecule has 0 amide bonds. The molecule has 3 rings (SSSR count). The molecule has 0 saturated carbocycles. The fourth-order valence-corrected chi connectivity index (χ4v) is 3.52. The van der Waals surface area contributed by atoms with E-state index in [1.165, 1.54) is 62.5 Å². The summed E-state index contributed by atoms with van der Waals surface area (Å²) in [6.45, 7) is 0. The van der Waals surface area contributed by atoms with Crippen molar-refractivity contribution in [1.29, 1.82) is 0 Å². The SMILES string of the molecule is C1=CC(Cc2ccc(CC3C=CCCC3)cc2)CCC1. The third-order valence-corrected chi connectivity index (χ3v) is 4.73. The zero-order chi connectivity index (χ0) is 13.6. The molecule has 0 N–H and O–H groups in total. The molecule has 2 unspecified atom stereocenters. The Kier molecular flexibility index (Phi) is 4.73. The molecule has 0 aliphatic heterocycles. The van der Waals surface area contributed by atoms with Crippen LogP contribution in [0.4, 0.5) is 0 Å². The van der Waals surface area contributed by atoms with E-state index in [-0.39, 0.29) is 0 Å². The van der Waals surface area contributed by atoms with Gasteiger partial charge in [-0.2, -0.15) is 0 Å². The number of benzene rings is 1. The third kappa shape index (κ3) is 3.85. The van der Waals surface area contributed by atoms with Crippen molar-refractivity contribution >= 4 is 0 Å². The molecule has 0 heterocycles. The van der Waals surface area contributed by atoms with Gasteiger partial charge in [0, 0.05) is 0 Å². The molecule has 106 valence electrons. The minimum atomic E-state index is 0.774. The highest BCUT2D eigenvalue weighted by Gasteiger charge is 2.11. The molecule has 20 heavy (non-hydrogen) atoms. The van der Waals surface area contributed by atoms with Crippen molar-refractivity contribution in [1.82, 2.24) is 0 Å². The number of allylic oxidation sites excluding steroid dienone is 4. The van der Waals surface area contributed by atoms with Gasteiger partial charge in [-0.25, -0.2) is 0 Å². The molecule has 2 atom stereocenters. The molecule has 0 saturated heterocycles. The highest BCUT2D eigenvalue weighted by atomic mass is 14.2. The summed E-state index contributed by atoms with van der Waals surface area (Å²) in [6.07, 6.45) is 20.0. The van der Waals surface area contributed by atoms with Crippen molar-refractivity contribution < 1.29 is 0 Å². The van der Waals surface area contributed by atoms with Crippen LogP contribution < -0.4 is 0 Å². The molecule has 1 aromatic carbocycles. The summed E-state index contributed by atoms with van der Waals surface area (Å²) in [5.74, 6) is 1.55. The van der Waals surface area contributed by atoms with Crippen LogP contribution in [-0.4, -0.2) is 0 Å². The molecule has 0 bridgehead atoms. The van der Waals surface area contributed by atoms with Gasteiger partial charge < -0.3 is 0 Å². The minimum Gasteiger partial charge on any atom is -0.0882 e. The molecule has 2 aliphatic carbocycles. The summed E-state index contributed by atoms with van der Waals surface area (Å²) in [6, 6.07) is 9.41. The van der Waals surface area contributed by atoms with Gasteiger partial charge in [0.05, 0.1) is 0 Å². The molecule has 0 heteroatoms. The Hall–Kier alpha value is -1.30. The van der Waals surface area contributed by atoms with Gasteiger partial charge in [0.15, 0.2) is 0 Å². The number of hydrogen-bond donors (Lipinski definition) is 0. The summed E-state index contributed by atoms with van der Waals surface area (Å²) in [5.41, 5.74) is 3.01. The smallest absolute Gasteiger partial charge is 0.0193 e. The van der Waals surface area contributed by atoms with E-state index in [0.717, 1.165) is 11.8 Å². The topological polar surface area (TPSA) is 0 Å². The van der Waals surface area contributed by atoms with Gasteiger partial charge in [-0.3, -0.25) is 0 Å². The highest BCUT2D eigenvalue weighted by Crippen LogP contribution is 2.24. The summed E-state index contributed by atoms with van der Waals surface area (Å²) in [5, 5.41) is 0. The van der Waals surface area contributed by atoms with Crippen LogP contribution >= 0.6 is 0 Å². The van der Waals surface area contributed by atoms with E-state index < -0.39 is 0 Å². The van der Waals surface area contributed by atoms with E-state index in [9.17, 15) is 0 Å². The maximum absolute atomic E-state index is 2.42. The molecule has 1 aromatic rings. The van der Waals surface area contributed by atoms with Crippen LogP contribution in [0.1, 0.15) is 49.7 Å². The van der Waals surface area contributed by atoms with E-state index in [1.807, 2.05) is 0 Å². The second kappa shape index (κ2) is 6.92. The largest absolute Gasteiger partial charge is 0.0882 e. The summed E-state index contributed by atoms with van der Waals surface area (Å²) >= 11 is 0. The lowest BCUT2D eigenvalue weighted by Crippen LogP contribution is -2.06. The first-order valence-electron chi connectivity index (χ1n) is 8.31. The molecule has 0 spiro atoms. The Balaban J connectivity index is 1.56. The second-order valence-corrected chi connectivity index (χ2v) is 6.46. The van der Waals surface area contributed by atoms with Gasteiger partial charge in [-0.05, 0) is 74.3 Å². The highest BCUT2D eigenvalue weighted by molar-refractivity contribution is 5.24. The van der Waals surface area contributed by atoms with Crippen LogP contribution in [0.3, 0.4) is 0 Å². The van der Waals surface area contributed by atoms with Crippen LogP contribution in [0.25, 0.3) is 0 Å². The minimum absolute atomic E-state index is 0.774. The summed E-state index contributed by atoms with van der Waals surface area (Å²) < 4.78 is 0. The van der Waals surface area contributed by atoms with Crippen LogP contribution in [0, 0.1) is 11.8 Å². The van der Waals surface area contributed by atoms with Crippen LogP contribution in [-0.2, 0) is 12.8 Å².